The van der Waals surface area contributed by atoms with Gasteiger partial charge >= 0.3 is 0 Å². The van der Waals surface area contributed by atoms with E-state index >= 15 is 0 Å². The fourth-order valence-corrected chi connectivity index (χ4v) is 3.02. The Kier molecular flexibility index (Phi) is 4.08. The summed E-state index contributed by atoms with van der Waals surface area (Å²) in [6, 6.07) is 5.97. The van der Waals surface area contributed by atoms with Gasteiger partial charge in [0.2, 0.25) is 0 Å². The standard InChI is InChI=1S/C16H21ClO3/c1-10-8-18-13-6-4-12(7-15(13)19-9-10)16(17)14-5-3-11(2)20-14/h4,6-7,10-11,14,16H,3,5,8-9H2,1-2H3. The van der Waals surface area contributed by atoms with Gasteiger partial charge in [0.25, 0.3) is 0 Å². The average Bonchev–Trinajstić information content (AvgIpc) is 2.80. The van der Waals surface area contributed by atoms with E-state index in [1.165, 1.54) is 0 Å². The number of rotatable bonds is 2. The van der Waals surface area contributed by atoms with Crippen molar-refractivity contribution >= 4 is 11.6 Å². The van der Waals surface area contributed by atoms with Gasteiger partial charge in [-0.3, -0.25) is 0 Å². The second kappa shape index (κ2) is 5.82. The Morgan fingerprint density at radius 3 is 2.55 bits per heavy atom. The highest BCUT2D eigenvalue weighted by molar-refractivity contribution is 6.21. The third-order valence-corrected chi connectivity index (χ3v) is 4.46. The van der Waals surface area contributed by atoms with Gasteiger partial charge in [-0.2, -0.15) is 0 Å². The van der Waals surface area contributed by atoms with Gasteiger partial charge in [0.05, 0.1) is 30.8 Å². The molecule has 20 heavy (non-hydrogen) atoms. The summed E-state index contributed by atoms with van der Waals surface area (Å²) in [5, 5.41) is -0.130. The van der Waals surface area contributed by atoms with Crippen LogP contribution in [0.1, 0.15) is 37.6 Å². The van der Waals surface area contributed by atoms with Crippen LogP contribution in [0.25, 0.3) is 0 Å². The summed E-state index contributed by atoms with van der Waals surface area (Å²) < 4.78 is 17.4. The van der Waals surface area contributed by atoms with Crippen molar-refractivity contribution in [3.8, 4) is 11.5 Å². The minimum Gasteiger partial charge on any atom is -0.489 e. The van der Waals surface area contributed by atoms with Crippen LogP contribution in [0.15, 0.2) is 18.2 Å². The molecule has 1 aromatic rings. The molecule has 0 spiro atoms. The fraction of sp³-hybridized carbons (Fsp3) is 0.625. The molecule has 1 aromatic carbocycles. The first-order chi connectivity index (χ1) is 9.63. The monoisotopic (exact) mass is 296 g/mol. The summed E-state index contributed by atoms with van der Waals surface area (Å²) in [7, 11) is 0. The van der Waals surface area contributed by atoms with Crippen LogP contribution in [-0.2, 0) is 4.74 Å². The number of halogens is 1. The Morgan fingerprint density at radius 1 is 1.10 bits per heavy atom. The van der Waals surface area contributed by atoms with Gasteiger partial charge in [-0.25, -0.2) is 0 Å². The topological polar surface area (TPSA) is 27.7 Å². The second-order valence-electron chi connectivity index (χ2n) is 5.90. The lowest BCUT2D eigenvalue weighted by atomic mass is 10.0. The minimum absolute atomic E-state index is 0.0929. The number of fused-ring (bicyclic) bond motifs is 1. The van der Waals surface area contributed by atoms with Crippen LogP contribution in [-0.4, -0.2) is 25.4 Å². The maximum absolute atomic E-state index is 6.57. The lowest BCUT2D eigenvalue weighted by molar-refractivity contribution is 0.0533. The van der Waals surface area contributed by atoms with Crippen molar-refractivity contribution in [3.05, 3.63) is 23.8 Å². The van der Waals surface area contributed by atoms with E-state index in [9.17, 15) is 0 Å². The van der Waals surface area contributed by atoms with Crippen LogP contribution in [0.4, 0.5) is 0 Å². The van der Waals surface area contributed by atoms with Crippen LogP contribution in [0, 0.1) is 5.92 Å². The first-order valence-corrected chi connectivity index (χ1v) is 7.76. The molecule has 0 saturated carbocycles. The van der Waals surface area contributed by atoms with Crippen LogP contribution in [0.3, 0.4) is 0 Å². The van der Waals surface area contributed by atoms with E-state index in [-0.39, 0.29) is 11.5 Å². The summed E-state index contributed by atoms with van der Waals surface area (Å²) in [4.78, 5) is 0. The van der Waals surface area contributed by atoms with Crippen molar-refractivity contribution in [3.63, 3.8) is 0 Å². The largest absolute Gasteiger partial charge is 0.489 e. The summed E-state index contributed by atoms with van der Waals surface area (Å²) in [5.74, 6) is 2.00. The second-order valence-corrected chi connectivity index (χ2v) is 6.37. The quantitative estimate of drug-likeness (QED) is 0.774. The SMILES string of the molecule is CC1COc2ccc(C(Cl)C3CCC(C)O3)cc2OC1. The molecule has 4 unspecified atom stereocenters. The van der Waals surface area contributed by atoms with E-state index in [0.29, 0.717) is 25.2 Å². The first-order valence-electron chi connectivity index (χ1n) is 7.32. The smallest absolute Gasteiger partial charge is 0.161 e. The number of alkyl halides is 1. The molecular formula is C16H21ClO3. The maximum Gasteiger partial charge on any atom is 0.161 e. The van der Waals surface area contributed by atoms with Crippen molar-refractivity contribution in [1.29, 1.82) is 0 Å². The molecule has 0 radical (unpaired) electrons. The fourth-order valence-electron chi connectivity index (χ4n) is 2.70. The van der Waals surface area contributed by atoms with Gasteiger partial charge in [0, 0.05) is 5.92 Å². The molecule has 1 fully saturated rings. The third kappa shape index (κ3) is 2.89. The molecule has 0 aliphatic carbocycles. The molecule has 0 N–H and O–H groups in total. The van der Waals surface area contributed by atoms with E-state index in [4.69, 9.17) is 25.8 Å². The number of ether oxygens (including phenoxy) is 3. The maximum atomic E-state index is 6.57. The molecular weight excluding hydrogens is 276 g/mol. The number of hydrogen-bond acceptors (Lipinski definition) is 3. The van der Waals surface area contributed by atoms with Crippen molar-refractivity contribution in [2.24, 2.45) is 5.92 Å². The lowest BCUT2D eigenvalue weighted by Crippen LogP contribution is -2.14. The Bertz CT molecular complexity index is 477. The molecule has 0 bridgehead atoms. The Labute approximate surface area is 125 Å². The Hall–Kier alpha value is -0.930. The average molecular weight is 297 g/mol. The molecule has 3 nitrogen and oxygen atoms in total. The molecule has 110 valence electrons. The van der Waals surface area contributed by atoms with Gasteiger partial charge in [-0.15, -0.1) is 11.6 Å². The molecule has 4 heteroatoms. The Morgan fingerprint density at radius 2 is 1.85 bits per heavy atom. The molecule has 2 heterocycles. The van der Waals surface area contributed by atoms with Crippen LogP contribution in [0.2, 0.25) is 0 Å². The van der Waals surface area contributed by atoms with Gasteiger partial charge in [-0.05, 0) is 37.5 Å². The zero-order chi connectivity index (χ0) is 14.1. The van der Waals surface area contributed by atoms with Gasteiger partial charge in [-0.1, -0.05) is 13.0 Å². The third-order valence-electron chi connectivity index (χ3n) is 3.92. The summed E-state index contributed by atoms with van der Waals surface area (Å²) >= 11 is 6.57. The first kappa shape index (κ1) is 14.0. The van der Waals surface area contributed by atoms with E-state index < -0.39 is 0 Å². The Balaban J connectivity index is 1.78. The minimum atomic E-state index is -0.130. The summed E-state index contributed by atoms with van der Waals surface area (Å²) in [6.07, 6.45) is 2.49. The molecule has 2 aliphatic heterocycles. The number of benzene rings is 1. The molecule has 2 aliphatic rings. The highest BCUT2D eigenvalue weighted by atomic mass is 35.5. The molecule has 3 rings (SSSR count). The predicted octanol–water partition coefficient (Wildman–Crippen LogP) is 3.94. The van der Waals surface area contributed by atoms with Gasteiger partial charge in [0.1, 0.15) is 0 Å². The molecule has 0 amide bonds. The summed E-state index contributed by atoms with van der Waals surface area (Å²) in [6.45, 7) is 5.59. The molecule has 0 aromatic heterocycles. The summed E-state index contributed by atoms with van der Waals surface area (Å²) in [5.41, 5.74) is 1.04. The van der Waals surface area contributed by atoms with Crippen molar-refractivity contribution in [2.45, 2.75) is 44.3 Å². The van der Waals surface area contributed by atoms with Gasteiger partial charge in [0.15, 0.2) is 11.5 Å². The highest BCUT2D eigenvalue weighted by Crippen LogP contribution is 2.39. The zero-order valence-electron chi connectivity index (χ0n) is 12.0. The van der Waals surface area contributed by atoms with Crippen LogP contribution < -0.4 is 9.47 Å². The molecule has 4 atom stereocenters. The van der Waals surface area contributed by atoms with Crippen LogP contribution in [0.5, 0.6) is 11.5 Å². The normalized spacial score (nSPS) is 30.9. The van der Waals surface area contributed by atoms with Gasteiger partial charge < -0.3 is 14.2 Å². The number of hydrogen-bond donors (Lipinski definition) is 0. The van der Waals surface area contributed by atoms with Crippen LogP contribution >= 0.6 is 11.6 Å². The highest BCUT2D eigenvalue weighted by Gasteiger charge is 2.30. The van der Waals surface area contributed by atoms with Crippen molar-refractivity contribution in [1.82, 2.24) is 0 Å². The van der Waals surface area contributed by atoms with Crippen molar-refractivity contribution in [2.75, 3.05) is 13.2 Å². The van der Waals surface area contributed by atoms with E-state index in [1.807, 2.05) is 18.2 Å². The van der Waals surface area contributed by atoms with E-state index in [2.05, 4.69) is 13.8 Å². The molecule has 1 saturated heterocycles. The zero-order valence-corrected chi connectivity index (χ0v) is 12.7. The van der Waals surface area contributed by atoms with E-state index in [0.717, 1.165) is 29.9 Å². The lowest BCUT2D eigenvalue weighted by Gasteiger charge is -2.19. The predicted molar refractivity (Wildman–Crippen MR) is 78.8 cm³/mol. The van der Waals surface area contributed by atoms with E-state index in [1.54, 1.807) is 0 Å². The van der Waals surface area contributed by atoms with Crippen molar-refractivity contribution < 1.29 is 14.2 Å².